The van der Waals surface area contributed by atoms with Crippen molar-refractivity contribution in [2.45, 2.75) is 32.6 Å². The maximum Gasteiger partial charge on any atom is 0.186 e. The summed E-state index contributed by atoms with van der Waals surface area (Å²) in [6, 6.07) is 0. The lowest BCUT2D eigenvalue weighted by Gasteiger charge is -2.03. The highest BCUT2D eigenvalue weighted by molar-refractivity contribution is 5.31. The van der Waals surface area contributed by atoms with Gasteiger partial charge in [0, 0.05) is 6.42 Å². The first-order valence-electron chi connectivity index (χ1n) is 4.95. The Morgan fingerprint density at radius 1 is 1.43 bits per heavy atom. The number of aromatic nitrogens is 2. The molecular weight excluding hydrogens is 181 g/mol. The summed E-state index contributed by atoms with van der Waals surface area (Å²) in [6.45, 7) is 1.62. The van der Waals surface area contributed by atoms with Gasteiger partial charge in [0.15, 0.2) is 11.6 Å². The predicted molar refractivity (Wildman–Crippen MR) is 52.2 cm³/mol. The number of rotatable bonds is 3. The summed E-state index contributed by atoms with van der Waals surface area (Å²) in [6.07, 6.45) is 4.55. The Morgan fingerprint density at radius 2 is 2.14 bits per heavy atom. The minimum Gasteiger partial charge on any atom is -0.381 e. The van der Waals surface area contributed by atoms with Crippen molar-refractivity contribution in [3.05, 3.63) is 17.3 Å². The number of nitrogens with two attached hydrogens (primary N) is 1. The third-order valence-corrected chi connectivity index (χ3v) is 2.56. The molecule has 14 heavy (non-hydrogen) atoms. The average Bonchev–Trinajstić information content (AvgIpc) is 2.94. The third kappa shape index (κ3) is 2.00. The van der Waals surface area contributed by atoms with Gasteiger partial charge in [0.2, 0.25) is 0 Å². The fourth-order valence-corrected chi connectivity index (χ4v) is 1.49. The molecule has 1 heterocycles. The fourth-order valence-electron chi connectivity index (χ4n) is 1.49. The van der Waals surface area contributed by atoms with Crippen LogP contribution in [0.4, 0.5) is 10.2 Å². The number of nitrogens with zero attached hydrogens (tertiary/aromatic N) is 2. The molecule has 1 aliphatic rings. The van der Waals surface area contributed by atoms with Crippen molar-refractivity contribution in [3.8, 4) is 0 Å². The summed E-state index contributed by atoms with van der Waals surface area (Å²) in [4.78, 5) is 7.99. The standard InChI is InChI=1S/C10H14FN3/c1-6-9(11)10(12)14-8(13-6)5-4-7-2-3-7/h7H,2-5H2,1H3,(H2,12,13,14). The van der Waals surface area contributed by atoms with E-state index in [0.717, 1.165) is 18.8 Å². The lowest BCUT2D eigenvalue weighted by molar-refractivity contribution is 0.597. The quantitative estimate of drug-likeness (QED) is 0.800. The minimum absolute atomic E-state index is 0.0247. The topological polar surface area (TPSA) is 51.8 Å². The molecule has 1 aromatic rings. The van der Waals surface area contributed by atoms with Crippen LogP contribution >= 0.6 is 0 Å². The number of hydrogen-bond acceptors (Lipinski definition) is 3. The van der Waals surface area contributed by atoms with E-state index >= 15 is 0 Å². The Labute approximate surface area is 82.6 Å². The van der Waals surface area contributed by atoms with E-state index in [-0.39, 0.29) is 5.82 Å². The fraction of sp³-hybridized carbons (Fsp3) is 0.600. The SMILES string of the molecule is Cc1nc(CCC2CC2)nc(N)c1F. The second-order valence-electron chi connectivity index (χ2n) is 3.91. The van der Waals surface area contributed by atoms with Gasteiger partial charge in [-0.1, -0.05) is 12.8 Å². The van der Waals surface area contributed by atoms with Crippen LogP contribution in [0.25, 0.3) is 0 Å². The molecule has 3 nitrogen and oxygen atoms in total. The monoisotopic (exact) mass is 195 g/mol. The van der Waals surface area contributed by atoms with E-state index in [4.69, 9.17) is 5.73 Å². The second-order valence-corrected chi connectivity index (χ2v) is 3.91. The average molecular weight is 195 g/mol. The highest BCUT2D eigenvalue weighted by Crippen LogP contribution is 2.33. The second kappa shape index (κ2) is 3.52. The summed E-state index contributed by atoms with van der Waals surface area (Å²) in [5.41, 5.74) is 5.77. The highest BCUT2D eigenvalue weighted by Gasteiger charge is 2.21. The Hall–Kier alpha value is -1.19. The van der Waals surface area contributed by atoms with Gasteiger partial charge in [0.25, 0.3) is 0 Å². The first-order valence-corrected chi connectivity index (χ1v) is 4.95. The molecule has 1 fully saturated rings. The molecule has 0 unspecified atom stereocenters. The molecule has 2 rings (SSSR count). The van der Waals surface area contributed by atoms with Gasteiger partial charge in [-0.25, -0.2) is 14.4 Å². The van der Waals surface area contributed by atoms with Crippen molar-refractivity contribution in [3.63, 3.8) is 0 Å². The minimum atomic E-state index is -0.486. The predicted octanol–water partition coefficient (Wildman–Crippen LogP) is 1.85. The van der Waals surface area contributed by atoms with Crippen LogP contribution in [0.1, 0.15) is 30.8 Å². The van der Waals surface area contributed by atoms with E-state index in [2.05, 4.69) is 9.97 Å². The zero-order valence-corrected chi connectivity index (χ0v) is 8.26. The molecule has 0 spiro atoms. The Morgan fingerprint density at radius 3 is 2.71 bits per heavy atom. The molecule has 0 aliphatic heterocycles. The summed E-state index contributed by atoms with van der Waals surface area (Å²) in [5.74, 6) is 1.00. The molecule has 0 saturated heterocycles. The molecule has 4 heteroatoms. The summed E-state index contributed by atoms with van der Waals surface area (Å²) in [7, 11) is 0. The number of aryl methyl sites for hydroxylation is 2. The van der Waals surface area contributed by atoms with Crippen molar-refractivity contribution in [1.29, 1.82) is 0 Å². The largest absolute Gasteiger partial charge is 0.381 e. The van der Waals surface area contributed by atoms with Gasteiger partial charge in [0.05, 0.1) is 5.69 Å². The van der Waals surface area contributed by atoms with Crippen molar-refractivity contribution >= 4 is 5.82 Å². The van der Waals surface area contributed by atoms with Gasteiger partial charge in [-0.2, -0.15) is 0 Å². The Kier molecular flexibility index (Phi) is 2.35. The van der Waals surface area contributed by atoms with Crippen LogP contribution < -0.4 is 5.73 Å². The molecule has 0 bridgehead atoms. The van der Waals surface area contributed by atoms with E-state index in [0.29, 0.717) is 11.5 Å². The van der Waals surface area contributed by atoms with Crippen LogP contribution in [-0.2, 0) is 6.42 Å². The Bertz CT molecular complexity index is 324. The normalized spacial score (nSPS) is 15.9. The Balaban J connectivity index is 2.08. The molecule has 1 saturated carbocycles. The van der Waals surface area contributed by atoms with E-state index in [9.17, 15) is 4.39 Å². The van der Waals surface area contributed by atoms with Crippen LogP contribution in [0.5, 0.6) is 0 Å². The smallest absolute Gasteiger partial charge is 0.186 e. The molecule has 1 aromatic heterocycles. The van der Waals surface area contributed by atoms with Crippen molar-refractivity contribution in [2.75, 3.05) is 5.73 Å². The van der Waals surface area contributed by atoms with E-state index in [1.54, 1.807) is 6.92 Å². The molecule has 1 aliphatic carbocycles. The zero-order valence-electron chi connectivity index (χ0n) is 8.26. The van der Waals surface area contributed by atoms with Crippen LogP contribution in [0.15, 0.2) is 0 Å². The molecule has 0 aromatic carbocycles. The van der Waals surface area contributed by atoms with Gasteiger partial charge in [-0.15, -0.1) is 0 Å². The lowest BCUT2D eigenvalue weighted by atomic mass is 10.2. The zero-order chi connectivity index (χ0) is 10.1. The number of hydrogen-bond donors (Lipinski definition) is 1. The van der Waals surface area contributed by atoms with Gasteiger partial charge in [-0.05, 0) is 19.3 Å². The van der Waals surface area contributed by atoms with Crippen LogP contribution in [0.2, 0.25) is 0 Å². The van der Waals surface area contributed by atoms with Crippen LogP contribution in [0.3, 0.4) is 0 Å². The van der Waals surface area contributed by atoms with Gasteiger partial charge in [0.1, 0.15) is 5.82 Å². The number of anilines is 1. The molecular formula is C10H14FN3. The summed E-state index contributed by atoms with van der Waals surface area (Å²) < 4.78 is 13.1. The summed E-state index contributed by atoms with van der Waals surface area (Å²) in [5, 5.41) is 0. The van der Waals surface area contributed by atoms with E-state index in [1.807, 2.05) is 0 Å². The molecule has 0 amide bonds. The first kappa shape index (κ1) is 9.37. The summed E-state index contributed by atoms with van der Waals surface area (Å²) >= 11 is 0. The van der Waals surface area contributed by atoms with Gasteiger partial charge < -0.3 is 5.73 Å². The maximum absolute atomic E-state index is 13.1. The van der Waals surface area contributed by atoms with Crippen LogP contribution in [0, 0.1) is 18.7 Å². The van der Waals surface area contributed by atoms with E-state index < -0.39 is 5.82 Å². The number of nitrogen functional groups attached to an aromatic ring is 1. The molecule has 0 radical (unpaired) electrons. The van der Waals surface area contributed by atoms with Crippen molar-refractivity contribution in [2.24, 2.45) is 5.92 Å². The number of halogens is 1. The molecule has 2 N–H and O–H groups in total. The first-order chi connectivity index (χ1) is 6.66. The highest BCUT2D eigenvalue weighted by atomic mass is 19.1. The molecule has 76 valence electrons. The van der Waals surface area contributed by atoms with Gasteiger partial charge >= 0.3 is 0 Å². The third-order valence-electron chi connectivity index (χ3n) is 2.56. The van der Waals surface area contributed by atoms with Gasteiger partial charge in [-0.3, -0.25) is 0 Å². The molecule has 0 atom stereocenters. The maximum atomic E-state index is 13.1. The lowest BCUT2D eigenvalue weighted by Crippen LogP contribution is -2.05. The van der Waals surface area contributed by atoms with Crippen molar-refractivity contribution < 1.29 is 4.39 Å². The van der Waals surface area contributed by atoms with Crippen LogP contribution in [-0.4, -0.2) is 9.97 Å². The van der Waals surface area contributed by atoms with Crippen molar-refractivity contribution in [1.82, 2.24) is 9.97 Å². The van der Waals surface area contributed by atoms with E-state index in [1.165, 1.54) is 12.8 Å².